The molecule has 0 aliphatic heterocycles. The highest BCUT2D eigenvalue weighted by Gasteiger charge is 2.60. The molecule has 0 bridgehead atoms. The highest BCUT2D eigenvalue weighted by molar-refractivity contribution is 5.09. The lowest BCUT2D eigenvalue weighted by atomic mass is 9.46. The van der Waals surface area contributed by atoms with Gasteiger partial charge in [0.2, 0.25) is 0 Å². The van der Waals surface area contributed by atoms with Gasteiger partial charge in [0.15, 0.2) is 0 Å². The van der Waals surface area contributed by atoms with Crippen molar-refractivity contribution in [1.82, 2.24) is 0 Å². The molecule has 4 saturated carbocycles. The molecule has 0 amide bonds. The van der Waals surface area contributed by atoms with E-state index in [4.69, 9.17) is 0 Å². The average Bonchev–Trinajstić information content (AvgIpc) is 2.92. The number of hydrogen-bond donors (Lipinski definition) is 1. The van der Waals surface area contributed by atoms with Crippen LogP contribution in [0.1, 0.15) is 118 Å². The van der Waals surface area contributed by atoms with Crippen molar-refractivity contribution in [3.63, 3.8) is 0 Å². The minimum Gasteiger partial charge on any atom is -0.393 e. The molecule has 4 rings (SSSR count). The van der Waals surface area contributed by atoms with E-state index in [0.717, 1.165) is 54.3 Å². The molecule has 4 aliphatic carbocycles. The lowest BCUT2D eigenvalue weighted by molar-refractivity contribution is -0.106. The van der Waals surface area contributed by atoms with E-state index in [1.165, 1.54) is 70.6 Å². The van der Waals surface area contributed by atoms with Crippen LogP contribution in [0.5, 0.6) is 0 Å². The maximum Gasteiger partial charge on any atom is 0.0543 e. The second kappa shape index (κ2) is 8.48. The molecule has 4 fully saturated rings. The molecule has 0 aromatic carbocycles. The van der Waals surface area contributed by atoms with Gasteiger partial charge in [-0.3, -0.25) is 0 Å². The molecule has 0 spiro atoms. The molecule has 168 valence electrons. The zero-order valence-corrected chi connectivity index (χ0v) is 20.3. The summed E-state index contributed by atoms with van der Waals surface area (Å²) in [6.45, 7) is 12.7. The van der Waals surface area contributed by atoms with Gasteiger partial charge in [0.1, 0.15) is 0 Å². The van der Waals surface area contributed by atoms with Crippen molar-refractivity contribution in [2.24, 2.45) is 52.3 Å². The molecule has 1 heteroatoms. The Bertz CT molecular complexity index is 555. The fraction of sp³-hybridized carbons (Fsp3) is 1.00. The summed E-state index contributed by atoms with van der Waals surface area (Å²) in [5, 5.41) is 10.4. The summed E-state index contributed by atoms with van der Waals surface area (Å²) >= 11 is 0. The zero-order chi connectivity index (χ0) is 20.8. The molecule has 7 unspecified atom stereocenters. The van der Waals surface area contributed by atoms with Crippen LogP contribution >= 0.6 is 0 Å². The molecule has 0 radical (unpaired) electrons. The number of aliphatic hydroxyl groups excluding tert-OH is 1. The molecule has 0 aromatic rings. The number of hydrogen-bond acceptors (Lipinski definition) is 1. The van der Waals surface area contributed by atoms with Crippen molar-refractivity contribution >= 4 is 0 Å². The Balaban J connectivity index is 1.47. The molecular formula is C28H50O. The highest BCUT2D eigenvalue weighted by Crippen LogP contribution is 2.68. The van der Waals surface area contributed by atoms with Gasteiger partial charge in [-0.2, -0.15) is 0 Å². The van der Waals surface area contributed by atoms with Gasteiger partial charge in [-0.15, -0.1) is 0 Å². The second-order valence-electron chi connectivity index (χ2n) is 13.0. The number of fused-ring (bicyclic) bond motifs is 5. The van der Waals surface area contributed by atoms with Crippen molar-refractivity contribution in [2.45, 2.75) is 124 Å². The van der Waals surface area contributed by atoms with Gasteiger partial charge in [0, 0.05) is 0 Å². The fourth-order valence-electron chi connectivity index (χ4n) is 9.50. The summed E-state index contributed by atoms with van der Waals surface area (Å²) in [6, 6.07) is 0. The van der Waals surface area contributed by atoms with Crippen LogP contribution in [0.3, 0.4) is 0 Å². The van der Waals surface area contributed by atoms with Crippen LogP contribution in [0.2, 0.25) is 0 Å². The van der Waals surface area contributed by atoms with E-state index in [-0.39, 0.29) is 6.10 Å². The minimum atomic E-state index is -0.0187. The van der Waals surface area contributed by atoms with Crippen LogP contribution in [0, 0.1) is 52.3 Å². The zero-order valence-electron chi connectivity index (χ0n) is 20.3. The van der Waals surface area contributed by atoms with E-state index in [2.05, 4.69) is 34.6 Å². The lowest BCUT2D eigenvalue weighted by Crippen LogP contribution is -2.52. The van der Waals surface area contributed by atoms with E-state index in [1.54, 1.807) is 0 Å². The van der Waals surface area contributed by atoms with Gasteiger partial charge in [-0.25, -0.2) is 0 Å². The van der Waals surface area contributed by atoms with Gasteiger partial charge in [0.25, 0.3) is 0 Å². The Kier molecular flexibility index (Phi) is 6.48. The first-order valence-electron chi connectivity index (χ1n) is 13.4. The Morgan fingerprint density at radius 1 is 0.828 bits per heavy atom. The van der Waals surface area contributed by atoms with Gasteiger partial charge in [0.05, 0.1) is 6.10 Å². The van der Waals surface area contributed by atoms with E-state index in [9.17, 15) is 5.11 Å². The van der Waals surface area contributed by atoms with Gasteiger partial charge < -0.3 is 5.11 Å². The number of aliphatic hydroxyl groups is 1. The van der Waals surface area contributed by atoms with Crippen LogP contribution in [0.4, 0.5) is 0 Å². The monoisotopic (exact) mass is 402 g/mol. The summed E-state index contributed by atoms with van der Waals surface area (Å²) in [7, 11) is 0. The standard InChI is InChI=1S/C28H50O/c1-19(2)8-6-9-20(3)24-13-14-25-23-12-11-21-18-22(29)10-7-16-27(21,4)26(23)15-17-28(24,25)5/h19-26,29H,6-18H2,1-5H3/t20-,21+,22?,23?,24?,25?,26?,27?,28?/m1/s1. The first kappa shape index (κ1) is 22.2. The summed E-state index contributed by atoms with van der Waals surface area (Å²) in [5.74, 6) is 6.46. The Morgan fingerprint density at radius 2 is 1.59 bits per heavy atom. The van der Waals surface area contributed by atoms with Gasteiger partial charge in [-0.1, -0.05) is 60.3 Å². The normalized spacial score (nSPS) is 48.5. The van der Waals surface area contributed by atoms with E-state index >= 15 is 0 Å². The highest BCUT2D eigenvalue weighted by atomic mass is 16.3. The first-order chi connectivity index (χ1) is 13.8. The molecule has 1 N–H and O–H groups in total. The summed E-state index contributed by atoms with van der Waals surface area (Å²) < 4.78 is 0. The molecule has 4 aliphatic rings. The lowest BCUT2D eigenvalue weighted by Gasteiger charge is -2.59. The van der Waals surface area contributed by atoms with E-state index < -0.39 is 0 Å². The average molecular weight is 403 g/mol. The Morgan fingerprint density at radius 3 is 2.34 bits per heavy atom. The third kappa shape index (κ3) is 3.96. The summed E-state index contributed by atoms with van der Waals surface area (Å²) in [5.41, 5.74) is 1.13. The first-order valence-corrected chi connectivity index (χ1v) is 13.4. The summed E-state index contributed by atoms with van der Waals surface area (Å²) in [4.78, 5) is 0. The molecule has 9 atom stereocenters. The smallest absolute Gasteiger partial charge is 0.0543 e. The maximum absolute atomic E-state index is 10.4. The van der Waals surface area contributed by atoms with Crippen molar-refractivity contribution < 1.29 is 5.11 Å². The Hall–Kier alpha value is -0.0400. The molecule has 29 heavy (non-hydrogen) atoms. The fourth-order valence-corrected chi connectivity index (χ4v) is 9.50. The predicted octanol–water partition coefficient (Wildman–Crippen LogP) is 7.86. The molecule has 0 aromatic heterocycles. The SMILES string of the molecule is CC(C)CCC[C@@H](C)C1CCC2C3CC[C@H]4CC(O)CCCC4(C)C3CCC21C. The third-order valence-corrected chi connectivity index (χ3v) is 11.1. The molecular weight excluding hydrogens is 352 g/mol. The van der Waals surface area contributed by atoms with E-state index in [1.807, 2.05) is 0 Å². The van der Waals surface area contributed by atoms with Crippen molar-refractivity contribution in [2.75, 3.05) is 0 Å². The molecule has 0 heterocycles. The minimum absolute atomic E-state index is 0.0187. The van der Waals surface area contributed by atoms with Crippen molar-refractivity contribution in [3.8, 4) is 0 Å². The Labute approximate surface area is 181 Å². The number of rotatable bonds is 5. The maximum atomic E-state index is 10.4. The van der Waals surface area contributed by atoms with Crippen LogP contribution in [-0.2, 0) is 0 Å². The second-order valence-corrected chi connectivity index (χ2v) is 13.0. The largest absolute Gasteiger partial charge is 0.393 e. The quantitative estimate of drug-likeness (QED) is 0.496. The van der Waals surface area contributed by atoms with Crippen LogP contribution < -0.4 is 0 Å². The van der Waals surface area contributed by atoms with E-state index in [0.29, 0.717) is 10.8 Å². The van der Waals surface area contributed by atoms with Crippen molar-refractivity contribution in [3.05, 3.63) is 0 Å². The topological polar surface area (TPSA) is 20.2 Å². The summed E-state index contributed by atoms with van der Waals surface area (Å²) in [6.07, 6.45) is 17.9. The molecule has 1 nitrogen and oxygen atoms in total. The third-order valence-electron chi connectivity index (χ3n) is 11.1. The van der Waals surface area contributed by atoms with Crippen LogP contribution in [0.25, 0.3) is 0 Å². The van der Waals surface area contributed by atoms with Crippen LogP contribution in [-0.4, -0.2) is 11.2 Å². The van der Waals surface area contributed by atoms with Gasteiger partial charge >= 0.3 is 0 Å². The molecule has 0 saturated heterocycles. The van der Waals surface area contributed by atoms with Gasteiger partial charge in [-0.05, 0) is 110 Å². The predicted molar refractivity (Wildman–Crippen MR) is 124 cm³/mol. The van der Waals surface area contributed by atoms with Crippen LogP contribution in [0.15, 0.2) is 0 Å². The van der Waals surface area contributed by atoms with Crippen molar-refractivity contribution in [1.29, 1.82) is 0 Å².